The van der Waals surface area contributed by atoms with Gasteiger partial charge >= 0.3 is 0 Å². The quantitative estimate of drug-likeness (QED) is 0.639. The number of nitrogens with zero attached hydrogens (tertiary/aromatic N) is 2. The number of hydrogen-bond acceptors (Lipinski definition) is 3. The fraction of sp³-hybridized carbons (Fsp3) is 0.650. The average molecular weight is 334 g/mol. The lowest BCUT2D eigenvalue weighted by Gasteiger charge is -2.25. The van der Waals surface area contributed by atoms with E-state index in [0.717, 1.165) is 32.4 Å². The van der Waals surface area contributed by atoms with E-state index in [4.69, 9.17) is 5.73 Å². The highest BCUT2D eigenvalue weighted by molar-refractivity contribution is 5.76. The summed E-state index contributed by atoms with van der Waals surface area (Å²) in [6.07, 6.45) is 4.94. The summed E-state index contributed by atoms with van der Waals surface area (Å²) in [5, 5.41) is 0. The molecule has 0 heterocycles. The average Bonchev–Trinajstić information content (AvgIpc) is 2.57. The molecule has 136 valence electrons. The van der Waals surface area contributed by atoms with Crippen LogP contribution in [0.25, 0.3) is 0 Å². The molecule has 0 fully saturated rings. The molecule has 0 aliphatic carbocycles. The van der Waals surface area contributed by atoms with Crippen molar-refractivity contribution in [1.29, 1.82) is 0 Å². The van der Waals surface area contributed by atoms with Gasteiger partial charge in [0, 0.05) is 26.1 Å². The molecule has 0 radical (unpaired) electrons. The number of carbonyl (C=O) groups is 1. The van der Waals surface area contributed by atoms with Gasteiger partial charge in [-0.1, -0.05) is 50.1 Å². The Morgan fingerprint density at radius 1 is 1.08 bits per heavy atom. The highest BCUT2D eigenvalue weighted by atomic mass is 16.2. The van der Waals surface area contributed by atoms with E-state index in [9.17, 15) is 4.79 Å². The van der Waals surface area contributed by atoms with Gasteiger partial charge in [-0.25, -0.2) is 0 Å². The van der Waals surface area contributed by atoms with Gasteiger partial charge in [-0.3, -0.25) is 4.79 Å². The van der Waals surface area contributed by atoms with Crippen molar-refractivity contribution >= 4 is 5.91 Å². The SMILES string of the molecule is CCCC(CCN)CCC(=O)N(CCN(C)C)Cc1ccccc1. The lowest BCUT2D eigenvalue weighted by atomic mass is 9.94. The van der Waals surface area contributed by atoms with Crippen molar-refractivity contribution in [3.63, 3.8) is 0 Å². The van der Waals surface area contributed by atoms with Crippen molar-refractivity contribution in [2.24, 2.45) is 11.7 Å². The smallest absolute Gasteiger partial charge is 0.222 e. The van der Waals surface area contributed by atoms with Gasteiger partial charge in [-0.2, -0.15) is 0 Å². The lowest BCUT2D eigenvalue weighted by molar-refractivity contribution is -0.132. The van der Waals surface area contributed by atoms with Gasteiger partial charge in [0.25, 0.3) is 0 Å². The van der Waals surface area contributed by atoms with E-state index in [1.807, 2.05) is 37.2 Å². The normalized spacial score (nSPS) is 12.4. The molecule has 1 amide bonds. The summed E-state index contributed by atoms with van der Waals surface area (Å²) in [6, 6.07) is 10.2. The summed E-state index contributed by atoms with van der Waals surface area (Å²) >= 11 is 0. The molecular formula is C20H35N3O. The molecule has 0 aliphatic heterocycles. The molecule has 0 spiro atoms. The molecular weight excluding hydrogens is 298 g/mol. The summed E-state index contributed by atoms with van der Waals surface area (Å²) in [5.41, 5.74) is 6.90. The summed E-state index contributed by atoms with van der Waals surface area (Å²) in [6.45, 7) is 5.27. The third kappa shape index (κ3) is 8.46. The molecule has 0 bridgehead atoms. The number of hydrogen-bond donors (Lipinski definition) is 1. The van der Waals surface area contributed by atoms with Crippen molar-refractivity contribution in [2.75, 3.05) is 33.7 Å². The number of rotatable bonds is 12. The number of amides is 1. The van der Waals surface area contributed by atoms with Gasteiger partial charge in [-0.05, 0) is 45.0 Å². The summed E-state index contributed by atoms with van der Waals surface area (Å²) < 4.78 is 0. The van der Waals surface area contributed by atoms with Crippen molar-refractivity contribution in [3.8, 4) is 0 Å². The fourth-order valence-corrected chi connectivity index (χ4v) is 2.98. The second-order valence-electron chi connectivity index (χ2n) is 6.87. The Kier molecular flexibility index (Phi) is 10.4. The van der Waals surface area contributed by atoms with Crippen LogP contribution in [0, 0.1) is 5.92 Å². The minimum absolute atomic E-state index is 0.263. The van der Waals surface area contributed by atoms with Crippen LogP contribution in [0.2, 0.25) is 0 Å². The van der Waals surface area contributed by atoms with Crippen LogP contribution in [0.5, 0.6) is 0 Å². The van der Waals surface area contributed by atoms with Gasteiger partial charge in [0.2, 0.25) is 5.91 Å². The Labute approximate surface area is 148 Å². The molecule has 0 aliphatic rings. The Hall–Kier alpha value is -1.39. The van der Waals surface area contributed by atoms with E-state index in [2.05, 4.69) is 24.0 Å². The molecule has 4 heteroatoms. The van der Waals surface area contributed by atoms with E-state index in [1.54, 1.807) is 0 Å². The third-order valence-corrected chi connectivity index (χ3v) is 4.42. The van der Waals surface area contributed by atoms with Gasteiger partial charge in [0.05, 0.1) is 0 Å². The van der Waals surface area contributed by atoms with E-state index in [-0.39, 0.29) is 5.91 Å². The highest BCUT2D eigenvalue weighted by Crippen LogP contribution is 2.18. The van der Waals surface area contributed by atoms with Crippen LogP contribution in [-0.4, -0.2) is 49.4 Å². The minimum Gasteiger partial charge on any atom is -0.337 e. The molecule has 1 rings (SSSR count). The summed E-state index contributed by atoms with van der Waals surface area (Å²) in [7, 11) is 4.09. The van der Waals surface area contributed by atoms with Crippen LogP contribution >= 0.6 is 0 Å². The third-order valence-electron chi connectivity index (χ3n) is 4.42. The molecule has 0 saturated heterocycles. The zero-order valence-corrected chi connectivity index (χ0v) is 15.7. The second kappa shape index (κ2) is 12.0. The first-order valence-corrected chi connectivity index (χ1v) is 9.23. The largest absolute Gasteiger partial charge is 0.337 e. The number of likely N-dealkylation sites (N-methyl/N-ethyl adjacent to an activating group) is 1. The van der Waals surface area contributed by atoms with E-state index < -0.39 is 0 Å². The first-order chi connectivity index (χ1) is 11.6. The van der Waals surface area contributed by atoms with Crippen molar-refractivity contribution in [3.05, 3.63) is 35.9 Å². The zero-order chi connectivity index (χ0) is 17.8. The standard InChI is InChI=1S/C20H35N3O/c1-4-8-18(13-14-21)11-12-20(24)23(16-15-22(2)3)17-19-9-6-5-7-10-19/h5-7,9-10,18H,4,8,11-17,21H2,1-3H3. The maximum Gasteiger partial charge on any atom is 0.222 e. The van der Waals surface area contributed by atoms with E-state index in [0.29, 0.717) is 25.4 Å². The van der Waals surface area contributed by atoms with Crippen LogP contribution in [-0.2, 0) is 11.3 Å². The minimum atomic E-state index is 0.263. The van der Waals surface area contributed by atoms with Crippen LogP contribution < -0.4 is 5.73 Å². The molecule has 24 heavy (non-hydrogen) atoms. The Balaban J connectivity index is 2.61. The topological polar surface area (TPSA) is 49.6 Å². The van der Waals surface area contributed by atoms with Gasteiger partial charge in [0.1, 0.15) is 0 Å². The maximum absolute atomic E-state index is 12.7. The maximum atomic E-state index is 12.7. The monoisotopic (exact) mass is 333 g/mol. The second-order valence-corrected chi connectivity index (χ2v) is 6.87. The van der Waals surface area contributed by atoms with Crippen LogP contribution in [0.3, 0.4) is 0 Å². The molecule has 0 aromatic heterocycles. The zero-order valence-electron chi connectivity index (χ0n) is 15.7. The van der Waals surface area contributed by atoms with Gasteiger partial charge in [-0.15, -0.1) is 0 Å². The van der Waals surface area contributed by atoms with Gasteiger partial charge < -0.3 is 15.5 Å². The molecule has 2 N–H and O–H groups in total. The van der Waals surface area contributed by atoms with Crippen LogP contribution in [0.15, 0.2) is 30.3 Å². The van der Waals surface area contributed by atoms with E-state index >= 15 is 0 Å². The summed E-state index contributed by atoms with van der Waals surface area (Å²) in [4.78, 5) is 16.9. The number of carbonyl (C=O) groups excluding carboxylic acids is 1. The van der Waals surface area contributed by atoms with Crippen LogP contribution in [0.4, 0.5) is 0 Å². The lowest BCUT2D eigenvalue weighted by Crippen LogP contribution is -2.36. The molecule has 1 aromatic carbocycles. The Morgan fingerprint density at radius 3 is 2.38 bits per heavy atom. The Bertz CT molecular complexity index is 441. The predicted molar refractivity (Wildman–Crippen MR) is 102 cm³/mol. The molecule has 1 atom stereocenters. The first kappa shape index (κ1) is 20.7. The number of nitrogens with two attached hydrogens (primary N) is 1. The molecule has 0 saturated carbocycles. The molecule has 1 aromatic rings. The highest BCUT2D eigenvalue weighted by Gasteiger charge is 2.16. The van der Waals surface area contributed by atoms with Gasteiger partial charge in [0.15, 0.2) is 0 Å². The van der Waals surface area contributed by atoms with Crippen LogP contribution in [0.1, 0.15) is 44.6 Å². The van der Waals surface area contributed by atoms with Crippen molar-refractivity contribution < 1.29 is 4.79 Å². The summed E-state index contributed by atoms with van der Waals surface area (Å²) in [5.74, 6) is 0.843. The predicted octanol–water partition coefficient (Wildman–Crippen LogP) is 3.12. The fourth-order valence-electron chi connectivity index (χ4n) is 2.98. The molecule has 1 unspecified atom stereocenters. The molecule has 4 nitrogen and oxygen atoms in total. The van der Waals surface area contributed by atoms with E-state index in [1.165, 1.54) is 12.0 Å². The number of benzene rings is 1. The first-order valence-electron chi connectivity index (χ1n) is 9.23. The van der Waals surface area contributed by atoms with Crippen molar-refractivity contribution in [1.82, 2.24) is 9.80 Å². The van der Waals surface area contributed by atoms with Crippen molar-refractivity contribution in [2.45, 2.75) is 45.6 Å². The Morgan fingerprint density at radius 2 is 1.79 bits per heavy atom.